The average molecular weight is 556 g/mol. The molecule has 1 N–H and O–H groups in total. The summed E-state index contributed by atoms with van der Waals surface area (Å²) >= 11 is 7.65. The third-order valence-electron chi connectivity index (χ3n) is 5.92. The van der Waals surface area contributed by atoms with Crippen molar-refractivity contribution in [3.8, 4) is 11.5 Å². The molecule has 1 fully saturated rings. The molecule has 38 heavy (non-hydrogen) atoms. The second-order valence-corrected chi connectivity index (χ2v) is 10.1. The number of rotatable bonds is 8. The van der Waals surface area contributed by atoms with Crippen molar-refractivity contribution in [3.05, 3.63) is 80.5 Å². The van der Waals surface area contributed by atoms with Crippen molar-refractivity contribution in [1.82, 2.24) is 0 Å². The van der Waals surface area contributed by atoms with Crippen molar-refractivity contribution >= 4 is 52.0 Å². The molecule has 2 heterocycles. The van der Waals surface area contributed by atoms with Crippen LogP contribution in [-0.2, 0) is 25.5 Å². The summed E-state index contributed by atoms with van der Waals surface area (Å²) in [6, 6.07) is 12.3. The molecule has 1 aromatic heterocycles. The Bertz CT molecular complexity index is 1400. The van der Waals surface area contributed by atoms with Crippen LogP contribution in [0.2, 0.25) is 5.02 Å². The summed E-state index contributed by atoms with van der Waals surface area (Å²) in [5, 5.41) is 13.4. The van der Waals surface area contributed by atoms with Crippen molar-refractivity contribution in [2.45, 2.75) is 32.4 Å². The van der Waals surface area contributed by atoms with E-state index in [-0.39, 0.29) is 40.4 Å². The molecule has 0 saturated carbocycles. The molecule has 3 aromatic rings. The predicted octanol–water partition coefficient (Wildman–Crippen LogP) is 5.54. The van der Waals surface area contributed by atoms with E-state index in [1.807, 2.05) is 5.38 Å². The van der Waals surface area contributed by atoms with Gasteiger partial charge in [0.1, 0.15) is 23.3 Å². The van der Waals surface area contributed by atoms with Gasteiger partial charge in [-0.25, -0.2) is 0 Å². The third-order valence-corrected chi connectivity index (χ3v) is 7.14. The van der Waals surface area contributed by atoms with E-state index in [2.05, 4.69) is 0 Å². The molecule has 1 aliphatic heterocycles. The number of thiophene rings is 1. The van der Waals surface area contributed by atoms with Gasteiger partial charge in [0.2, 0.25) is 0 Å². The molecule has 0 aliphatic carbocycles. The Labute approximate surface area is 229 Å². The Balaban J connectivity index is 1.80. The average Bonchev–Trinajstić information content (AvgIpc) is 3.50. The molecule has 4 rings (SSSR count). The molecule has 1 aliphatic rings. The number of hydrogen-bond donors (Lipinski definition) is 1. The third kappa shape index (κ3) is 5.25. The van der Waals surface area contributed by atoms with Gasteiger partial charge >= 0.3 is 5.97 Å². The van der Waals surface area contributed by atoms with E-state index in [1.54, 1.807) is 50.2 Å². The number of ether oxygens (including phenoxy) is 3. The van der Waals surface area contributed by atoms with Crippen molar-refractivity contribution in [2.24, 2.45) is 0 Å². The lowest BCUT2D eigenvalue weighted by Crippen LogP contribution is -2.29. The van der Waals surface area contributed by atoms with Gasteiger partial charge in [0.25, 0.3) is 11.7 Å². The highest BCUT2D eigenvalue weighted by molar-refractivity contribution is 7.10. The number of halogens is 1. The topological polar surface area (TPSA) is 102 Å². The number of carbonyl (C=O) groups is 3. The van der Waals surface area contributed by atoms with Crippen LogP contribution in [0.5, 0.6) is 11.5 Å². The Morgan fingerprint density at radius 1 is 1.08 bits per heavy atom. The zero-order chi connectivity index (χ0) is 27.6. The molecule has 1 saturated heterocycles. The minimum absolute atomic E-state index is 0.0731. The summed E-state index contributed by atoms with van der Waals surface area (Å²) in [6.07, 6.45) is -0.150. The Hall–Kier alpha value is -3.82. The number of aliphatic hydroxyl groups excluding tert-OH is 1. The number of ketones is 1. The predicted molar refractivity (Wildman–Crippen MR) is 145 cm³/mol. The molecule has 1 amide bonds. The van der Waals surface area contributed by atoms with Gasteiger partial charge in [0, 0.05) is 16.6 Å². The fraction of sp³-hybridized carbons (Fsp3) is 0.250. The normalized spacial score (nSPS) is 16.7. The largest absolute Gasteiger partial charge is 0.507 e. The van der Waals surface area contributed by atoms with Crippen LogP contribution >= 0.6 is 22.9 Å². The number of anilines is 1. The Morgan fingerprint density at radius 3 is 2.34 bits per heavy atom. The number of nitrogens with zero attached hydrogens (tertiary/aromatic N) is 1. The second-order valence-electron chi connectivity index (χ2n) is 8.75. The van der Waals surface area contributed by atoms with Crippen LogP contribution in [0.15, 0.2) is 59.5 Å². The molecule has 0 spiro atoms. The van der Waals surface area contributed by atoms with Crippen LogP contribution in [0.4, 0.5) is 5.69 Å². The SMILES string of the molecule is COc1cc(OC)c(/C(O)=C2/C(=O)C(=O)N(c3ccc(CC(=O)OC(C)C)cc3)C2c2cccs2)cc1Cl. The lowest BCUT2D eigenvalue weighted by Gasteiger charge is -2.24. The molecule has 1 atom stereocenters. The minimum Gasteiger partial charge on any atom is -0.507 e. The summed E-state index contributed by atoms with van der Waals surface area (Å²) in [5.74, 6) is -1.88. The van der Waals surface area contributed by atoms with E-state index < -0.39 is 23.5 Å². The van der Waals surface area contributed by atoms with Crippen molar-refractivity contribution < 1.29 is 33.7 Å². The van der Waals surface area contributed by atoms with Gasteiger partial charge in [-0.1, -0.05) is 29.8 Å². The van der Waals surface area contributed by atoms with E-state index in [4.69, 9.17) is 25.8 Å². The van der Waals surface area contributed by atoms with E-state index in [9.17, 15) is 19.5 Å². The van der Waals surface area contributed by atoms with Crippen molar-refractivity contribution in [3.63, 3.8) is 0 Å². The lowest BCUT2D eigenvalue weighted by molar-refractivity contribution is -0.146. The van der Waals surface area contributed by atoms with Gasteiger partial charge in [-0.2, -0.15) is 0 Å². The van der Waals surface area contributed by atoms with Gasteiger partial charge in [-0.3, -0.25) is 19.3 Å². The monoisotopic (exact) mass is 555 g/mol. The highest BCUT2D eigenvalue weighted by atomic mass is 35.5. The number of carbonyl (C=O) groups excluding carboxylic acids is 3. The van der Waals surface area contributed by atoms with Crippen molar-refractivity contribution in [2.75, 3.05) is 19.1 Å². The summed E-state index contributed by atoms with van der Waals surface area (Å²) in [7, 11) is 2.86. The molecule has 0 radical (unpaired) electrons. The number of amides is 1. The van der Waals surface area contributed by atoms with Crippen LogP contribution in [-0.4, -0.2) is 43.1 Å². The Kier molecular flexibility index (Phi) is 8.08. The number of benzene rings is 2. The van der Waals surface area contributed by atoms with E-state index >= 15 is 0 Å². The molecule has 1 unspecified atom stereocenters. The number of hydrogen-bond acceptors (Lipinski definition) is 8. The van der Waals surface area contributed by atoms with Crippen LogP contribution in [0.25, 0.3) is 5.76 Å². The standard InChI is InChI=1S/C28H26ClNO7S/c1-15(2)37-23(31)12-16-7-9-17(10-8-16)30-25(22-6-5-11-38-22)24(27(33)28(30)34)26(32)18-13-19(29)21(36-4)14-20(18)35-3/h5-11,13-15,25,32H,12H2,1-4H3/b26-24-. The summed E-state index contributed by atoms with van der Waals surface area (Å²) < 4.78 is 15.8. The molecule has 198 valence electrons. The quantitative estimate of drug-likeness (QED) is 0.168. The lowest BCUT2D eigenvalue weighted by atomic mass is 9.99. The van der Waals surface area contributed by atoms with Gasteiger partial charge < -0.3 is 19.3 Å². The highest BCUT2D eigenvalue weighted by Crippen LogP contribution is 2.45. The number of aliphatic hydroxyl groups is 1. The van der Waals surface area contributed by atoms with E-state index in [1.165, 1.54) is 42.6 Å². The van der Waals surface area contributed by atoms with Gasteiger partial charge in [0.05, 0.1) is 42.9 Å². The second kappa shape index (κ2) is 11.3. The van der Waals surface area contributed by atoms with Gasteiger partial charge in [-0.15, -0.1) is 11.3 Å². The highest BCUT2D eigenvalue weighted by Gasteiger charge is 2.47. The first-order chi connectivity index (χ1) is 18.2. The zero-order valence-corrected chi connectivity index (χ0v) is 22.8. The molecular formula is C28H26ClNO7S. The first-order valence-corrected chi connectivity index (χ1v) is 13.0. The molecule has 10 heteroatoms. The fourth-order valence-electron chi connectivity index (χ4n) is 4.25. The smallest absolute Gasteiger partial charge is 0.310 e. The van der Waals surface area contributed by atoms with Crippen LogP contribution in [0.1, 0.15) is 35.9 Å². The first-order valence-electron chi connectivity index (χ1n) is 11.7. The number of esters is 1. The summed E-state index contributed by atoms with van der Waals surface area (Å²) in [6.45, 7) is 3.55. The maximum Gasteiger partial charge on any atom is 0.310 e. The maximum atomic E-state index is 13.4. The van der Waals surface area contributed by atoms with Crippen LogP contribution in [0, 0.1) is 0 Å². The Morgan fingerprint density at radius 2 is 1.76 bits per heavy atom. The molecule has 0 bridgehead atoms. The summed E-state index contributed by atoms with van der Waals surface area (Å²) in [5.41, 5.74) is 1.19. The van der Waals surface area contributed by atoms with Crippen LogP contribution < -0.4 is 14.4 Å². The fourth-order valence-corrected chi connectivity index (χ4v) is 5.32. The van der Waals surface area contributed by atoms with E-state index in [0.29, 0.717) is 21.9 Å². The van der Waals surface area contributed by atoms with Gasteiger partial charge in [0.15, 0.2) is 0 Å². The zero-order valence-electron chi connectivity index (χ0n) is 21.2. The van der Waals surface area contributed by atoms with E-state index in [0.717, 1.165) is 0 Å². The van der Waals surface area contributed by atoms with Gasteiger partial charge in [-0.05, 0) is 49.1 Å². The summed E-state index contributed by atoms with van der Waals surface area (Å²) in [4.78, 5) is 40.8. The molecule has 2 aromatic carbocycles. The first kappa shape index (κ1) is 27.2. The van der Waals surface area contributed by atoms with Crippen LogP contribution in [0.3, 0.4) is 0 Å². The maximum absolute atomic E-state index is 13.4. The molecular weight excluding hydrogens is 530 g/mol. The van der Waals surface area contributed by atoms with Crippen molar-refractivity contribution in [1.29, 1.82) is 0 Å². The number of Topliss-reactive ketones (excluding diaryl/α,β-unsaturated/α-hetero) is 1. The number of methoxy groups -OCH3 is 2. The molecule has 8 nitrogen and oxygen atoms in total. The minimum atomic E-state index is -0.891.